The molecule has 0 amide bonds. The summed E-state index contributed by atoms with van der Waals surface area (Å²) in [7, 11) is 1.60. The summed E-state index contributed by atoms with van der Waals surface area (Å²) < 4.78 is 12.9. The average molecular weight is 324 g/mol. The summed E-state index contributed by atoms with van der Waals surface area (Å²) in [5.74, 6) is 0.687. The monoisotopic (exact) mass is 324 g/mol. The van der Waals surface area contributed by atoms with Gasteiger partial charge in [0.1, 0.15) is 11.3 Å². The Hall–Kier alpha value is -2.53. The molecule has 3 heterocycles. The number of fused-ring (bicyclic) bond motifs is 2. The molecule has 0 aliphatic carbocycles. The van der Waals surface area contributed by atoms with Gasteiger partial charge in [-0.3, -0.25) is 4.90 Å². The Bertz CT molecular complexity index is 941. The van der Waals surface area contributed by atoms with E-state index >= 15 is 0 Å². The molecule has 4 rings (SSSR count). The van der Waals surface area contributed by atoms with Gasteiger partial charge in [-0.15, -0.1) is 0 Å². The molecule has 3 aromatic rings. The molecule has 2 aromatic heterocycles. The van der Waals surface area contributed by atoms with Crippen LogP contribution in [-0.4, -0.2) is 23.1 Å². The third-order valence-corrected chi connectivity index (χ3v) is 4.88. The maximum absolute atomic E-state index is 12.0. The fourth-order valence-electron chi connectivity index (χ4n) is 3.53. The van der Waals surface area contributed by atoms with Gasteiger partial charge in [0.25, 0.3) is 0 Å². The highest BCUT2D eigenvalue weighted by Gasteiger charge is 2.24. The molecule has 5 nitrogen and oxygen atoms in total. The van der Waals surface area contributed by atoms with Crippen LogP contribution in [0, 0.1) is 0 Å². The topological polar surface area (TPSA) is 47.6 Å². The van der Waals surface area contributed by atoms with E-state index in [1.165, 1.54) is 5.69 Å². The molecule has 0 unspecified atom stereocenters. The number of nitrogens with zero attached hydrogens (tertiary/aromatic N) is 2. The van der Waals surface area contributed by atoms with E-state index in [-0.39, 0.29) is 5.63 Å². The second kappa shape index (κ2) is 5.83. The second-order valence-corrected chi connectivity index (χ2v) is 6.23. The van der Waals surface area contributed by atoms with Gasteiger partial charge in [0.15, 0.2) is 0 Å². The van der Waals surface area contributed by atoms with Crippen LogP contribution in [-0.2, 0) is 13.1 Å². The van der Waals surface area contributed by atoms with E-state index in [4.69, 9.17) is 9.15 Å². The molecule has 0 radical (unpaired) electrons. The van der Waals surface area contributed by atoms with E-state index < -0.39 is 0 Å². The van der Waals surface area contributed by atoms with E-state index in [1.54, 1.807) is 19.2 Å². The fraction of sp³-hybridized carbons (Fsp3) is 0.316. The van der Waals surface area contributed by atoms with Crippen molar-refractivity contribution in [2.75, 3.05) is 13.7 Å². The summed E-state index contributed by atoms with van der Waals surface area (Å²) in [6.07, 6.45) is 2.13. The Kier molecular flexibility index (Phi) is 3.65. The molecular formula is C19H20N2O3. The van der Waals surface area contributed by atoms with Crippen LogP contribution < -0.4 is 10.4 Å². The minimum atomic E-state index is -0.321. The minimum Gasteiger partial charge on any atom is -0.497 e. The van der Waals surface area contributed by atoms with E-state index in [0.29, 0.717) is 17.4 Å². The molecule has 0 bridgehead atoms. The first-order valence-corrected chi connectivity index (χ1v) is 8.15. The standard InChI is InChI=1S/C19H20N2O3/c1-13-17-4-3-7-20(17)8-9-21(13)12-14-10-19(22)24-18-11-15(23-2)5-6-16(14)18/h3-7,10-11,13H,8-9,12H2,1-2H3/t13-/m0/s1. The highest BCUT2D eigenvalue weighted by Crippen LogP contribution is 2.29. The Balaban J connectivity index is 1.71. The highest BCUT2D eigenvalue weighted by molar-refractivity contribution is 5.81. The first-order valence-electron chi connectivity index (χ1n) is 8.15. The number of methoxy groups -OCH3 is 1. The Morgan fingerprint density at radius 3 is 2.96 bits per heavy atom. The van der Waals surface area contributed by atoms with Crippen molar-refractivity contribution in [3.63, 3.8) is 0 Å². The van der Waals surface area contributed by atoms with Gasteiger partial charge in [-0.2, -0.15) is 0 Å². The molecule has 0 saturated heterocycles. The number of benzene rings is 1. The predicted octanol–water partition coefficient (Wildman–Crippen LogP) is 3.18. The van der Waals surface area contributed by atoms with Crippen molar-refractivity contribution in [3.8, 4) is 5.75 Å². The Morgan fingerprint density at radius 2 is 2.12 bits per heavy atom. The van der Waals surface area contributed by atoms with Gasteiger partial charge in [0.05, 0.1) is 7.11 Å². The molecule has 0 N–H and O–H groups in total. The number of ether oxygens (including phenoxy) is 1. The van der Waals surface area contributed by atoms with E-state index in [9.17, 15) is 4.79 Å². The third kappa shape index (κ3) is 2.51. The van der Waals surface area contributed by atoms with Crippen LogP contribution >= 0.6 is 0 Å². The zero-order valence-electron chi connectivity index (χ0n) is 13.9. The quantitative estimate of drug-likeness (QED) is 0.694. The molecule has 124 valence electrons. The van der Waals surface area contributed by atoms with Crippen LogP contribution in [0.5, 0.6) is 5.75 Å². The molecule has 1 aliphatic heterocycles. The summed E-state index contributed by atoms with van der Waals surface area (Å²) in [4.78, 5) is 14.4. The van der Waals surface area contributed by atoms with E-state index in [1.807, 2.05) is 12.1 Å². The summed E-state index contributed by atoms with van der Waals surface area (Å²) >= 11 is 0. The average Bonchev–Trinajstić information content (AvgIpc) is 3.06. The highest BCUT2D eigenvalue weighted by atomic mass is 16.5. The zero-order chi connectivity index (χ0) is 16.7. The van der Waals surface area contributed by atoms with Gasteiger partial charge in [-0.25, -0.2) is 4.79 Å². The van der Waals surface area contributed by atoms with Crippen molar-refractivity contribution >= 4 is 11.0 Å². The predicted molar refractivity (Wildman–Crippen MR) is 92.3 cm³/mol. The van der Waals surface area contributed by atoms with Gasteiger partial charge in [-0.1, -0.05) is 0 Å². The van der Waals surface area contributed by atoms with Crippen molar-refractivity contribution in [2.45, 2.75) is 26.1 Å². The maximum atomic E-state index is 12.0. The third-order valence-electron chi connectivity index (χ3n) is 4.88. The first-order chi connectivity index (χ1) is 11.7. The molecule has 24 heavy (non-hydrogen) atoms. The lowest BCUT2D eigenvalue weighted by Crippen LogP contribution is -2.36. The van der Waals surface area contributed by atoms with Gasteiger partial charge in [-0.05, 0) is 36.8 Å². The molecule has 0 spiro atoms. The van der Waals surface area contributed by atoms with Crippen molar-refractivity contribution in [1.82, 2.24) is 9.47 Å². The van der Waals surface area contributed by atoms with Crippen LogP contribution in [0.3, 0.4) is 0 Å². The SMILES string of the molecule is COc1ccc2c(CN3CCn4cccc4[C@@H]3C)cc(=O)oc2c1. The van der Waals surface area contributed by atoms with Crippen molar-refractivity contribution < 1.29 is 9.15 Å². The minimum absolute atomic E-state index is 0.314. The summed E-state index contributed by atoms with van der Waals surface area (Å²) in [5, 5.41) is 0.962. The number of hydrogen-bond acceptors (Lipinski definition) is 4. The molecular weight excluding hydrogens is 304 g/mol. The molecule has 5 heteroatoms. The van der Waals surface area contributed by atoms with Crippen LogP contribution in [0.25, 0.3) is 11.0 Å². The van der Waals surface area contributed by atoms with Gasteiger partial charge in [0, 0.05) is 55.1 Å². The smallest absolute Gasteiger partial charge is 0.336 e. The van der Waals surface area contributed by atoms with Crippen LogP contribution in [0.4, 0.5) is 0 Å². The molecule has 0 saturated carbocycles. The van der Waals surface area contributed by atoms with Crippen LogP contribution in [0.1, 0.15) is 24.2 Å². The number of hydrogen-bond donors (Lipinski definition) is 0. The molecule has 1 aromatic carbocycles. The van der Waals surface area contributed by atoms with Crippen LogP contribution in [0.15, 0.2) is 51.8 Å². The zero-order valence-corrected chi connectivity index (χ0v) is 13.9. The van der Waals surface area contributed by atoms with Gasteiger partial charge < -0.3 is 13.7 Å². The van der Waals surface area contributed by atoms with Crippen molar-refractivity contribution in [3.05, 3.63) is 64.3 Å². The molecule has 1 atom stereocenters. The Labute approximate surface area is 140 Å². The number of aromatic nitrogens is 1. The van der Waals surface area contributed by atoms with Gasteiger partial charge in [0.2, 0.25) is 0 Å². The lowest BCUT2D eigenvalue weighted by molar-refractivity contribution is 0.161. The van der Waals surface area contributed by atoms with Crippen molar-refractivity contribution in [1.29, 1.82) is 0 Å². The van der Waals surface area contributed by atoms with Gasteiger partial charge >= 0.3 is 5.63 Å². The first kappa shape index (κ1) is 15.0. The molecule has 1 aliphatic rings. The van der Waals surface area contributed by atoms with E-state index in [0.717, 1.165) is 30.6 Å². The molecule has 0 fully saturated rings. The summed E-state index contributed by atoms with van der Waals surface area (Å²) in [6.45, 7) is 4.86. The number of rotatable bonds is 3. The largest absolute Gasteiger partial charge is 0.497 e. The Morgan fingerprint density at radius 1 is 1.25 bits per heavy atom. The lowest BCUT2D eigenvalue weighted by Gasteiger charge is -2.35. The normalized spacial score (nSPS) is 17.8. The van der Waals surface area contributed by atoms with E-state index in [2.05, 4.69) is 34.7 Å². The lowest BCUT2D eigenvalue weighted by atomic mass is 10.1. The van der Waals surface area contributed by atoms with Crippen LogP contribution in [0.2, 0.25) is 0 Å². The maximum Gasteiger partial charge on any atom is 0.336 e. The second-order valence-electron chi connectivity index (χ2n) is 6.23. The summed E-state index contributed by atoms with van der Waals surface area (Å²) in [5.41, 5.74) is 2.56. The summed E-state index contributed by atoms with van der Waals surface area (Å²) in [6, 6.07) is 11.8. The fourth-order valence-corrected chi connectivity index (χ4v) is 3.53. The van der Waals surface area contributed by atoms with Crippen molar-refractivity contribution in [2.24, 2.45) is 0 Å².